The second-order valence-corrected chi connectivity index (χ2v) is 9.02. The number of tetrazole rings is 1. The predicted molar refractivity (Wildman–Crippen MR) is 127 cm³/mol. The Labute approximate surface area is 205 Å². The molecule has 11 nitrogen and oxygen atoms in total. The molecule has 180 valence electrons. The number of hydrogen-bond donors (Lipinski definition) is 0. The van der Waals surface area contributed by atoms with Gasteiger partial charge in [-0.15, -0.1) is 16.4 Å². The van der Waals surface area contributed by atoms with Gasteiger partial charge in [0.05, 0.1) is 12.1 Å². The molecule has 1 aromatic carbocycles. The van der Waals surface area contributed by atoms with Gasteiger partial charge in [-0.3, -0.25) is 0 Å². The fraction of sp³-hybridized carbons (Fsp3) is 0.348. The molecule has 0 spiro atoms. The second-order valence-electron chi connectivity index (χ2n) is 8.13. The van der Waals surface area contributed by atoms with E-state index >= 15 is 0 Å². The van der Waals surface area contributed by atoms with Gasteiger partial charge < -0.3 is 14.4 Å². The van der Waals surface area contributed by atoms with Crippen LogP contribution in [0.25, 0.3) is 0 Å². The average Bonchev–Trinajstić information content (AvgIpc) is 3.60. The van der Waals surface area contributed by atoms with E-state index < -0.39 is 12.2 Å². The predicted octanol–water partition coefficient (Wildman–Crippen LogP) is 3.02. The lowest BCUT2D eigenvalue weighted by molar-refractivity contribution is 0.0593. The first-order valence-electron chi connectivity index (χ1n) is 11.2. The molecule has 4 heterocycles. The summed E-state index contributed by atoms with van der Waals surface area (Å²) in [7, 11) is 1.35. The second kappa shape index (κ2) is 10.1. The molecule has 0 aliphatic carbocycles. The molecule has 1 aliphatic heterocycles. The number of aryl methyl sites for hydroxylation is 1. The first-order valence-corrected chi connectivity index (χ1v) is 12.1. The summed E-state index contributed by atoms with van der Waals surface area (Å²) in [6.45, 7) is 3.38. The number of nitrogens with zero attached hydrogens (tertiary/aromatic N) is 8. The van der Waals surface area contributed by atoms with Gasteiger partial charge in [0.15, 0.2) is 5.69 Å². The van der Waals surface area contributed by atoms with Gasteiger partial charge in [-0.25, -0.2) is 19.7 Å². The summed E-state index contributed by atoms with van der Waals surface area (Å²) in [6, 6.07) is 11.2. The van der Waals surface area contributed by atoms with E-state index in [0.717, 1.165) is 42.3 Å². The maximum atomic E-state index is 11.9. The van der Waals surface area contributed by atoms with Crippen molar-refractivity contribution in [1.29, 1.82) is 0 Å². The standard InChI is InChI=1S/C23H24N8O3S/c1-15-12-18(22(32)33-2)27-23(25-15)30-10-8-16(9-11-30)20-26-19(13-35-20)21(31-14-24-28-29-31)34-17-6-4-3-5-7-17/h3-7,12-14,16,21H,8-11H2,1-2H3. The number of aromatic nitrogens is 7. The number of hydrogen-bond acceptors (Lipinski definition) is 11. The Morgan fingerprint density at radius 2 is 1.94 bits per heavy atom. The van der Waals surface area contributed by atoms with Crippen molar-refractivity contribution in [3.8, 4) is 5.75 Å². The van der Waals surface area contributed by atoms with Gasteiger partial charge in [-0.2, -0.15) is 4.68 Å². The molecule has 4 aromatic rings. The van der Waals surface area contributed by atoms with Crippen LogP contribution in [-0.4, -0.2) is 61.3 Å². The van der Waals surface area contributed by atoms with E-state index in [1.165, 1.54) is 13.4 Å². The Kier molecular flexibility index (Phi) is 6.62. The molecule has 0 radical (unpaired) electrons. The van der Waals surface area contributed by atoms with Crippen LogP contribution in [0.5, 0.6) is 5.75 Å². The number of carbonyl (C=O) groups excluding carboxylic acids is 1. The highest BCUT2D eigenvalue weighted by Gasteiger charge is 2.27. The van der Waals surface area contributed by atoms with E-state index in [-0.39, 0.29) is 5.69 Å². The van der Waals surface area contributed by atoms with Crippen LogP contribution in [0.1, 0.15) is 51.9 Å². The highest BCUT2D eigenvalue weighted by atomic mass is 32.1. The van der Waals surface area contributed by atoms with E-state index in [0.29, 0.717) is 17.6 Å². The Bertz CT molecular complexity index is 1270. The number of anilines is 1. The number of piperidine rings is 1. The van der Waals surface area contributed by atoms with Gasteiger partial charge in [0.2, 0.25) is 12.2 Å². The molecular formula is C23H24N8O3S. The molecule has 1 fully saturated rings. The highest BCUT2D eigenvalue weighted by Crippen LogP contribution is 2.33. The number of ether oxygens (including phenoxy) is 2. The van der Waals surface area contributed by atoms with Crippen LogP contribution in [0.4, 0.5) is 5.95 Å². The average molecular weight is 493 g/mol. The zero-order valence-electron chi connectivity index (χ0n) is 19.3. The molecular weight excluding hydrogens is 468 g/mol. The van der Waals surface area contributed by atoms with Crippen LogP contribution in [-0.2, 0) is 4.74 Å². The number of esters is 1. The minimum atomic E-state index is -0.560. The van der Waals surface area contributed by atoms with Crippen molar-refractivity contribution in [3.63, 3.8) is 0 Å². The van der Waals surface area contributed by atoms with Crippen molar-refractivity contribution < 1.29 is 14.3 Å². The number of para-hydroxylation sites is 1. The number of methoxy groups -OCH3 is 1. The van der Waals surface area contributed by atoms with Gasteiger partial charge in [0.25, 0.3) is 0 Å². The van der Waals surface area contributed by atoms with E-state index in [1.54, 1.807) is 22.1 Å². The summed E-state index contributed by atoms with van der Waals surface area (Å²) in [6.07, 6.45) is 2.75. The summed E-state index contributed by atoms with van der Waals surface area (Å²) in [5.41, 5.74) is 1.76. The Balaban J connectivity index is 1.29. The van der Waals surface area contributed by atoms with Crippen molar-refractivity contribution in [2.24, 2.45) is 0 Å². The number of benzene rings is 1. The molecule has 0 N–H and O–H groups in total. The summed E-state index contributed by atoms with van der Waals surface area (Å²) in [4.78, 5) is 27.9. The fourth-order valence-corrected chi connectivity index (χ4v) is 4.98. The van der Waals surface area contributed by atoms with Crippen LogP contribution in [0.2, 0.25) is 0 Å². The van der Waals surface area contributed by atoms with Crippen LogP contribution in [0, 0.1) is 6.92 Å². The Morgan fingerprint density at radius 3 is 2.66 bits per heavy atom. The lowest BCUT2D eigenvalue weighted by Crippen LogP contribution is -2.34. The minimum absolute atomic E-state index is 0.272. The summed E-state index contributed by atoms with van der Waals surface area (Å²) < 4.78 is 12.5. The third kappa shape index (κ3) is 5.11. The molecule has 5 rings (SSSR count). The summed E-state index contributed by atoms with van der Waals surface area (Å²) >= 11 is 1.62. The maximum Gasteiger partial charge on any atom is 0.356 e. The number of thiazole rings is 1. The quantitative estimate of drug-likeness (QED) is 0.356. The van der Waals surface area contributed by atoms with Crippen LogP contribution < -0.4 is 9.64 Å². The first kappa shape index (κ1) is 22.8. The number of carbonyl (C=O) groups is 1. The third-order valence-corrected chi connectivity index (χ3v) is 6.78. The fourth-order valence-electron chi connectivity index (χ4n) is 3.99. The molecule has 3 aromatic heterocycles. The van der Waals surface area contributed by atoms with Gasteiger partial charge in [0.1, 0.15) is 17.8 Å². The van der Waals surface area contributed by atoms with Crippen LogP contribution >= 0.6 is 11.3 Å². The minimum Gasteiger partial charge on any atom is -0.464 e. The van der Waals surface area contributed by atoms with Crippen molar-refractivity contribution in [3.05, 3.63) is 70.2 Å². The van der Waals surface area contributed by atoms with E-state index in [1.807, 2.05) is 42.6 Å². The first-order chi connectivity index (χ1) is 17.1. The van der Waals surface area contributed by atoms with E-state index in [4.69, 9.17) is 14.5 Å². The Morgan fingerprint density at radius 1 is 1.14 bits per heavy atom. The molecule has 0 saturated carbocycles. The summed E-state index contributed by atoms with van der Waals surface area (Å²) in [5.74, 6) is 1.11. The lowest BCUT2D eigenvalue weighted by atomic mass is 9.98. The molecule has 12 heteroatoms. The smallest absolute Gasteiger partial charge is 0.356 e. The van der Waals surface area contributed by atoms with Crippen molar-refractivity contribution in [2.75, 3.05) is 25.1 Å². The number of rotatable bonds is 7. The molecule has 0 bridgehead atoms. The zero-order chi connectivity index (χ0) is 24.2. The van der Waals surface area contributed by atoms with Crippen molar-refractivity contribution >= 4 is 23.3 Å². The molecule has 1 saturated heterocycles. The molecule has 1 aliphatic rings. The van der Waals surface area contributed by atoms with Crippen molar-refractivity contribution in [2.45, 2.75) is 31.9 Å². The van der Waals surface area contributed by atoms with Crippen molar-refractivity contribution in [1.82, 2.24) is 35.2 Å². The van der Waals surface area contributed by atoms with Gasteiger partial charge in [0, 0.05) is 30.1 Å². The maximum absolute atomic E-state index is 11.9. The van der Waals surface area contributed by atoms with Gasteiger partial charge in [-0.1, -0.05) is 18.2 Å². The largest absolute Gasteiger partial charge is 0.464 e. The lowest BCUT2D eigenvalue weighted by Gasteiger charge is -2.31. The molecule has 1 atom stereocenters. The van der Waals surface area contributed by atoms with Gasteiger partial charge in [-0.05, 0) is 48.4 Å². The third-order valence-electron chi connectivity index (χ3n) is 5.75. The van der Waals surface area contributed by atoms with E-state index in [2.05, 4.69) is 30.4 Å². The topological polar surface area (TPSA) is 121 Å². The zero-order valence-corrected chi connectivity index (χ0v) is 20.1. The molecule has 1 unspecified atom stereocenters. The normalized spacial score (nSPS) is 15.1. The summed E-state index contributed by atoms with van der Waals surface area (Å²) in [5, 5.41) is 14.6. The van der Waals surface area contributed by atoms with Crippen LogP contribution in [0.15, 0.2) is 48.1 Å². The van der Waals surface area contributed by atoms with Gasteiger partial charge >= 0.3 is 5.97 Å². The van der Waals surface area contributed by atoms with E-state index in [9.17, 15) is 4.79 Å². The van der Waals surface area contributed by atoms with Crippen LogP contribution in [0.3, 0.4) is 0 Å². The SMILES string of the molecule is COC(=O)c1cc(C)nc(N2CCC(c3nc(C(Oc4ccccc4)n4cnnn4)cs3)CC2)n1. The Hall–Kier alpha value is -3.93. The molecule has 35 heavy (non-hydrogen) atoms. The highest BCUT2D eigenvalue weighted by molar-refractivity contribution is 7.09. The monoisotopic (exact) mass is 492 g/mol. The molecule has 0 amide bonds.